The van der Waals surface area contributed by atoms with Crippen LogP contribution in [0, 0.1) is 5.41 Å². The number of carbonyl (C=O) groups is 2. The molecule has 0 radical (unpaired) electrons. The van der Waals surface area contributed by atoms with E-state index in [-0.39, 0.29) is 12.6 Å². The topological polar surface area (TPSA) is 105 Å². The van der Waals surface area contributed by atoms with E-state index in [2.05, 4.69) is 15.7 Å². The molecule has 0 aliphatic carbocycles. The van der Waals surface area contributed by atoms with E-state index in [4.69, 9.17) is 4.74 Å². The molecule has 8 heteroatoms. The van der Waals surface area contributed by atoms with Crippen molar-refractivity contribution in [2.75, 3.05) is 26.3 Å². The average Bonchev–Trinajstić information content (AvgIpc) is 2.99. The third-order valence-corrected chi connectivity index (χ3v) is 3.68. The van der Waals surface area contributed by atoms with Crippen LogP contribution in [-0.2, 0) is 16.1 Å². The summed E-state index contributed by atoms with van der Waals surface area (Å²) in [5, 5.41) is 18.7. The number of nitrogens with one attached hydrogen (secondary N) is 2. The molecule has 0 aromatic carbocycles. The summed E-state index contributed by atoms with van der Waals surface area (Å²) in [7, 11) is 0. The van der Waals surface area contributed by atoms with Gasteiger partial charge in [0, 0.05) is 38.7 Å². The molecule has 8 nitrogen and oxygen atoms in total. The SMILES string of the molecule is O=C(NCCn1cccn1)NCC1(C(=O)O)CCOCC1. The molecule has 2 rings (SSSR count). The molecular formula is C13H20N4O4. The van der Waals surface area contributed by atoms with Crippen molar-refractivity contribution in [1.82, 2.24) is 20.4 Å². The van der Waals surface area contributed by atoms with Gasteiger partial charge in [0.2, 0.25) is 0 Å². The molecule has 2 heterocycles. The number of carboxylic acids is 1. The fraction of sp³-hybridized carbons (Fsp3) is 0.615. The Labute approximate surface area is 122 Å². The van der Waals surface area contributed by atoms with Crippen molar-refractivity contribution in [3.05, 3.63) is 18.5 Å². The molecule has 2 amide bonds. The fourth-order valence-electron chi connectivity index (χ4n) is 2.26. The predicted octanol–water partition coefficient (Wildman–Crippen LogP) is 0.0637. The van der Waals surface area contributed by atoms with E-state index in [0.717, 1.165) is 0 Å². The van der Waals surface area contributed by atoms with Crippen molar-refractivity contribution in [3.63, 3.8) is 0 Å². The smallest absolute Gasteiger partial charge is 0.314 e. The van der Waals surface area contributed by atoms with Crippen molar-refractivity contribution in [2.24, 2.45) is 5.41 Å². The Morgan fingerprint density at radius 3 is 2.71 bits per heavy atom. The molecule has 0 spiro atoms. The van der Waals surface area contributed by atoms with E-state index in [1.165, 1.54) is 0 Å². The largest absolute Gasteiger partial charge is 0.481 e. The standard InChI is InChI=1S/C13H20N4O4/c18-11(19)13(2-8-21-9-3-13)10-15-12(20)14-5-7-17-6-1-4-16-17/h1,4,6H,2-3,5,7-10H2,(H,18,19)(H2,14,15,20). The van der Waals surface area contributed by atoms with E-state index in [1.54, 1.807) is 17.1 Å². The number of ether oxygens (including phenoxy) is 1. The zero-order chi connectivity index (χ0) is 15.1. The summed E-state index contributed by atoms with van der Waals surface area (Å²) in [6, 6.07) is 1.44. The van der Waals surface area contributed by atoms with Crippen LogP contribution in [0.15, 0.2) is 18.5 Å². The van der Waals surface area contributed by atoms with Gasteiger partial charge in [-0.2, -0.15) is 5.10 Å². The Morgan fingerprint density at radius 1 is 1.33 bits per heavy atom. The zero-order valence-corrected chi connectivity index (χ0v) is 11.7. The van der Waals surface area contributed by atoms with Crippen LogP contribution >= 0.6 is 0 Å². The number of aliphatic carboxylic acids is 1. The Balaban J connectivity index is 1.72. The van der Waals surface area contributed by atoms with Crippen LogP contribution in [0.3, 0.4) is 0 Å². The first-order valence-electron chi connectivity index (χ1n) is 6.93. The molecule has 1 aromatic rings. The molecule has 1 aliphatic heterocycles. The number of carboxylic acid groups (broad SMARTS) is 1. The molecule has 1 fully saturated rings. The van der Waals surface area contributed by atoms with Crippen LogP contribution in [-0.4, -0.2) is 53.2 Å². The van der Waals surface area contributed by atoms with Gasteiger partial charge in [0.05, 0.1) is 12.0 Å². The molecular weight excluding hydrogens is 276 g/mol. The first kappa shape index (κ1) is 15.3. The summed E-state index contributed by atoms with van der Waals surface area (Å²) in [4.78, 5) is 23.1. The number of carbonyl (C=O) groups excluding carboxylic acids is 1. The molecule has 1 saturated heterocycles. The van der Waals surface area contributed by atoms with Gasteiger partial charge in [-0.1, -0.05) is 0 Å². The van der Waals surface area contributed by atoms with E-state index < -0.39 is 11.4 Å². The van der Waals surface area contributed by atoms with Crippen LogP contribution in [0.4, 0.5) is 4.79 Å². The lowest BCUT2D eigenvalue weighted by molar-refractivity contribution is -0.154. The minimum Gasteiger partial charge on any atom is -0.481 e. The van der Waals surface area contributed by atoms with Crippen LogP contribution in [0.1, 0.15) is 12.8 Å². The lowest BCUT2D eigenvalue weighted by Gasteiger charge is -2.33. The average molecular weight is 296 g/mol. The Morgan fingerprint density at radius 2 is 2.10 bits per heavy atom. The fourth-order valence-corrected chi connectivity index (χ4v) is 2.26. The third kappa shape index (κ3) is 4.19. The van der Waals surface area contributed by atoms with Gasteiger partial charge in [0.15, 0.2) is 0 Å². The number of rotatable bonds is 6. The summed E-state index contributed by atoms with van der Waals surface area (Å²) >= 11 is 0. The second-order valence-electron chi connectivity index (χ2n) is 5.08. The number of hydrogen-bond donors (Lipinski definition) is 3. The van der Waals surface area contributed by atoms with E-state index in [9.17, 15) is 14.7 Å². The number of amides is 2. The summed E-state index contributed by atoms with van der Waals surface area (Å²) in [5.41, 5.74) is -0.919. The molecule has 1 aliphatic rings. The van der Waals surface area contributed by atoms with Crippen LogP contribution in [0.25, 0.3) is 0 Å². The first-order valence-corrected chi connectivity index (χ1v) is 6.93. The lowest BCUT2D eigenvalue weighted by Crippen LogP contribution is -2.49. The minimum absolute atomic E-state index is 0.110. The van der Waals surface area contributed by atoms with Crippen molar-refractivity contribution in [2.45, 2.75) is 19.4 Å². The van der Waals surface area contributed by atoms with Gasteiger partial charge in [-0.3, -0.25) is 9.48 Å². The highest BCUT2D eigenvalue weighted by molar-refractivity contribution is 5.78. The van der Waals surface area contributed by atoms with Crippen molar-refractivity contribution in [3.8, 4) is 0 Å². The van der Waals surface area contributed by atoms with E-state index >= 15 is 0 Å². The highest BCUT2D eigenvalue weighted by Crippen LogP contribution is 2.29. The molecule has 0 bridgehead atoms. The Hall–Kier alpha value is -2.09. The maximum Gasteiger partial charge on any atom is 0.314 e. The normalized spacial score (nSPS) is 17.1. The second-order valence-corrected chi connectivity index (χ2v) is 5.08. The number of hydrogen-bond acceptors (Lipinski definition) is 4. The van der Waals surface area contributed by atoms with Gasteiger partial charge < -0.3 is 20.5 Å². The molecule has 0 unspecified atom stereocenters. The van der Waals surface area contributed by atoms with Crippen LogP contribution in [0.2, 0.25) is 0 Å². The van der Waals surface area contributed by atoms with Gasteiger partial charge in [0.1, 0.15) is 0 Å². The highest BCUT2D eigenvalue weighted by atomic mass is 16.5. The second kappa shape index (κ2) is 7.07. The summed E-state index contributed by atoms with van der Waals surface area (Å²) in [6.07, 6.45) is 4.30. The van der Waals surface area contributed by atoms with E-state index in [1.807, 2.05) is 6.07 Å². The van der Waals surface area contributed by atoms with Crippen molar-refractivity contribution >= 4 is 12.0 Å². The van der Waals surface area contributed by atoms with Crippen LogP contribution in [0.5, 0.6) is 0 Å². The zero-order valence-electron chi connectivity index (χ0n) is 11.7. The molecule has 21 heavy (non-hydrogen) atoms. The van der Waals surface area contributed by atoms with Gasteiger partial charge in [0.25, 0.3) is 0 Å². The maximum atomic E-state index is 11.7. The number of aromatic nitrogens is 2. The summed E-state index contributed by atoms with van der Waals surface area (Å²) in [6.45, 7) is 1.93. The molecule has 3 N–H and O–H groups in total. The molecule has 0 atom stereocenters. The number of nitrogens with zero attached hydrogens (tertiary/aromatic N) is 2. The minimum atomic E-state index is -0.919. The quantitative estimate of drug-likeness (QED) is 0.688. The van der Waals surface area contributed by atoms with Gasteiger partial charge in [-0.25, -0.2) is 4.79 Å². The summed E-state index contributed by atoms with van der Waals surface area (Å²) < 4.78 is 6.89. The lowest BCUT2D eigenvalue weighted by atomic mass is 9.80. The number of urea groups is 1. The molecule has 0 saturated carbocycles. The van der Waals surface area contributed by atoms with Gasteiger partial charge in [-0.15, -0.1) is 0 Å². The first-order chi connectivity index (χ1) is 10.1. The van der Waals surface area contributed by atoms with Gasteiger partial charge >= 0.3 is 12.0 Å². The third-order valence-electron chi connectivity index (χ3n) is 3.68. The molecule has 1 aromatic heterocycles. The Kier molecular flexibility index (Phi) is 5.15. The molecule has 116 valence electrons. The monoisotopic (exact) mass is 296 g/mol. The van der Waals surface area contributed by atoms with Crippen LogP contribution < -0.4 is 10.6 Å². The van der Waals surface area contributed by atoms with Crippen molar-refractivity contribution < 1.29 is 19.4 Å². The van der Waals surface area contributed by atoms with Crippen molar-refractivity contribution in [1.29, 1.82) is 0 Å². The predicted molar refractivity (Wildman–Crippen MR) is 73.8 cm³/mol. The van der Waals surface area contributed by atoms with Gasteiger partial charge in [-0.05, 0) is 18.9 Å². The van der Waals surface area contributed by atoms with E-state index in [0.29, 0.717) is 39.1 Å². The Bertz CT molecular complexity index is 469. The highest BCUT2D eigenvalue weighted by Gasteiger charge is 2.40. The summed E-state index contributed by atoms with van der Waals surface area (Å²) in [5.74, 6) is -0.886. The maximum absolute atomic E-state index is 11.7.